The third-order valence-electron chi connectivity index (χ3n) is 3.59. The SMILES string of the molecule is CN(C(=O)OC(C)(C)C)C1(C)CCN(C(=O)O)CC1. The maximum atomic E-state index is 12.1. The molecule has 0 radical (unpaired) electrons. The number of ether oxygens (including phenoxy) is 1. The molecule has 1 rings (SSSR count). The van der Waals surface area contributed by atoms with E-state index >= 15 is 0 Å². The van der Waals surface area contributed by atoms with Crippen LogP contribution >= 0.6 is 0 Å². The standard InChI is InChI=1S/C13H24N2O4/c1-12(2,3)19-11(18)14(5)13(4)6-8-15(9-7-13)10(16)17/h6-9H2,1-5H3,(H,16,17). The summed E-state index contributed by atoms with van der Waals surface area (Å²) in [5, 5.41) is 8.93. The summed E-state index contributed by atoms with van der Waals surface area (Å²) < 4.78 is 5.35. The van der Waals surface area contributed by atoms with E-state index in [-0.39, 0.29) is 11.6 Å². The lowest BCUT2D eigenvalue weighted by Gasteiger charge is -2.44. The number of hydrogen-bond donors (Lipinski definition) is 1. The van der Waals surface area contributed by atoms with Gasteiger partial charge in [-0.2, -0.15) is 0 Å². The van der Waals surface area contributed by atoms with E-state index < -0.39 is 11.7 Å². The van der Waals surface area contributed by atoms with Crippen molar-refractivity contribution >= 4 is 12.2 Å². The minimum atomic E-state index is -0.901. The van der Waals surface area contributed by atoms with E-state index in [1.165, 1.54) is 4.90 Å². The number of rotatable bonds is 1. The minimum absolute atomic E-state index is 0.353. The molecule has 1 fully saturated rings. The van der Waals surface area contributed by atoms with Crippen LogP contribution in [-0.2, 0) is 4.74 Å². The molecule has 6 heteroatoms. The van der Waals surface area contributed by atoms with Crippen LogP contribution in [0.1, 0.15) is 40.5 Å². The largest absolute Gasteiger partial charge is 0.465 e. The van der Waals surface area contributed by atoms with Crippen molar-refractivity contribution in [3.05, 3.63) is 0 Å². The normalized spacial score (nSPS) is 18.9. The summed E-state index contributed by atoms with van der Waals surface area (Å²) in [6.07, 6.45) is -0.0230. The molecule has 6 nitrogen and oxygen atoms in total. The van der Waals surface area contributed by atoms with Gasteiger partial charge in [-0.15, -0.1) is 0 Å². The van der Waals surface area contributed by atoms with Crippen LogP contribution in [0, 0.1) is 0 Å². The van der Waals surface area contributed by atoms with Gasteiger partial charge >= 0.3 is 12.2 Å². The maximum Gasteiger partial charge on any atom is 0.410 e. The quantitative estimate of drug-likeness (QED) is 0.795. The van der Waals surface area contributed by atoms with Crippen molar-refractivity contribution in [3.8, 4) is 0 Å². The van der Waals surface area contributed by atoms with Gasteiger partial charge in [-0.1, -0.05) is 0 Å². The average Bonchev–Trinajstić information content (AvgIpc) is 2.26. The molecule has 110 valence electrons. The highest BCUT2D eigenvalue weighted by Crippen LogP contribution is 2.28. The number of nitrogens with zero attached hydrogens (tertiary/aromatic N) is 2. The molecule has 0 spiro atoms. The molecule has 0 saturated carbocycles. The molecular weight excluding hydrogens is 248 g/mol. The van der Waals surface area contributed by atoms with E-state index in [0.717, 1.165) is 0 Å². The summed E-state index contributed by atoms with van der Waals surface area (Å²) in [6, 6.07) is 0. The predicted octanol–water partition coefficient (Wildman–Crippen LogP) is 2.39. The van der Waals surface area contributed by atoms with Gasteiger partial charge in [-0.3, -0.25) is 0 Å². The maximum absolute atomic E-state index is 12.1. The molecule has 0 aliphatic carbocycles. The molecule has 1 heterocycles. The summed E-state index contributed by atoms with van der Waals surface area (Å²) in [5.41, 5.74) is -0.877. The molecule has 1 aliphatic heterocycles. The Morgan fingerprint density at radius 1 is 1.26 bits per heavy atom. The first-order valence-corrected chi connectivity index (χ1v) is 6.50. The minimum Gasteiger partial charge on any atom is -0.465 e. The van der Waals surface area contributed by atoms with Gasteiger partial charge in [0.15, 0.2) is 0 Å². The highest BCUT2D eigenvalue weighted by molar-refractivity contribution is 5.69. The van der Waals surface area contributed by atoms with E-state index in [9.17, 15) is 9.59 Å². The Hall–Kier alpha value is -1.46. The van der Waals surface area contributed by atoms with Gasteiger partial charge in [0.2, 0.25) is 0 Å². The molecule has 19 heavy (non-hydrogen) atoms. The molecule has 0 aromatic rings. The monoisotopic (exact) mass is 272 g/mol. The summed E-state index contributed by atoms with van der Waals surface area (Å²) in [5.74, 6) is 0. The van der Waals surface area contributed by atoms with Crippen molar-refractivity contribution in [1.82, 2.24) is 9.80 Å². The molecule has 0 aromatic heterocycles. The molecule has 0 bridgehead atoms. The Morgan fingerprint density at radius 3 is 2.11 bits per heavy atom. The van der Waals surface area contributed by atoms with E-state index in [4.69, 9.17) is 9.84 Å². The molecule has 1 N–H and O–H groups in total. The Labute approximate surface area is 114 Å². The van der Waals surface area contributed by atoms with Crippen molar-refractivity contribution in [2.24, 2.45) is 0 Å². The first kappa shape index (κ1) is 15.6. The lowest BCUT2D eigenvalue weighted by molar-refractivity contribution is -0.00507. The number of amides is 2. The van der Waals surface area contributed by atoms with E-state index in [2.05, 4.69) is 0 Å². The molecule has 0 aromatic carbocycles. The zero-order valence-corrected chi connectivity index (χ0v) is 12.4. The van der Waals surface area contributed by atoms with E-state index in [1.54, 1.807) is 11.9 Å². The number of hydrogen-bond acceptors (Lipinski definition) is 3. The van der Waals surface area contributed by atoms with Crippen molar-refractivity contribution in [2.75, 3.05) is 20.1 Å². The van der Waals surface area contributed by atoms with Crippen molar-refractivity contribution < 1.29 is 19.4 Å². The fourth-order valence-electron chi connectivity index (χ4n) is 2.07. The molecule has 1 saturated heterocycles. The first-order chi connectivity index (χ1) is 8.55. The van der Waals surface area contributed by atoms with Gasteiger partial charge in [0.25, 0.3) is 0 Å². The fourth-order valence-corrected chi connectivity index (χ4v) is 2.07. The molecule has 1 aliphatic rings. The first-order valence-electron chi connectivity index (χ1n) is 6.50. The van der Waals surface area contributed by atoms with Crippen molar-refractivity contribution in [3.63, 3.8) is 0 Å². The van der Waals surface area contributed by atoms with Crippen LogP contribution in [0.2, 0.25) is 0 Å². The Morgan fingerprint density at radius 2 is 1.74 bits per heavy atom. The van der Waals surface area contributed by atoms with E-state index in [0.29, 0.717) is 25.9 Å². The molecule has 0 unspecified atom stereocenters. The summed E-state index contributed by atoms with van der Waals surface area (Å²) in [6.45, 7) is 8.34. The van der Waals surface area contributed by atoms with Crippen LogP contribution in [0.25, 0.3) is 0 Å². The second-order valence-corrected chi connectivity index (χ2v) is 6.31. The summed E-state index contributed by atoms with van der Waals surface area (Å²) in [4.78, 5) is 25.9. The van der Waals surface area contributed by atoms with Gasteiger partial charge in [0.1, 0.15) is 5.60 Å². The Kier molecular flexibility index (Phi) is 4.32. The van der Waals surface area contributed by atoms with Crippen LogP contribution in [0.15, 0.2) is 0 Å². The van der Waals surface area contributed by atoms with Crippen LogP contribution in [0.4, 0.5) is 9.59 Å². The lowest BCUT2D eigenvalue weighted by atomic mass is 9.88. The fraction of sp³-hybridized carbons (Fsp3) is 0.846. The second-order valence-electron chi connectivity index (χ2n) is 6.31. The number of piperidine rings is 1. The van der Waals surface area contributed by atoms with Crippen LogP contribution in [0.3, 0.4) is 0 Å². The number of carbonyl (C=O) groups is 2. The lowest BCUT2D eigenvalue weighted by Crippen LogP contribution is -2.55. The van der Waals surface area contributed by atoms with Crippen LogP contribution in [0.5, 0.6) is 0 Å². The van der Waals surface area contributed by atoms with Gasteiger partial charge in [-0.05, 0) is 40.5 Å². The predicted molar refractivity (Wildman–Crippen MR) is 71.2 cm³/mol. The summed E-state index contributed by atoms with van der Waals surface area (Å²) >= 11 is 0. The van der Waals surface area contributed by atoms with Crippen LogP contribution < -0.4 is 0 Å². The smallest absolute Gasteiger partial charge is 0.410 e. The zero-order valence-electron chi connectivity index (χ0n) is 12.4. The highest BCUT2D eigenvalue weighted by atomic mass is 16.6. The zero-order chi connectivity index (χ0) is 14.8. The molecular formula is C13H24N2O4. The topological polar surface area (TPSA) is 70.1 Å². The molecule has 0 atom stereocenters. The van der Waals surface area contributed by atoms with Crippen molar-refractivity contribution in [2.45, 2.75) is 51.7 Å². The van der Waals surface area contributed by atoms with E-state index in [1.807, 2.05) is 27.7 Å². The average molecular weight is 272 g/mol. The van der Waals surface area contributed by atoms with Gasteiger partial charge < -0.3 is 19.6 Å². The number of likely N-dealkylation sites (tertiary alicyclic amines) is 1. The summed E-state index contributed by atoms with van der Waals surface area (Å²) in [7, 11) is 1.71. The Balaban J connectivity index is 2.64. The molecule has 2 amide bonds. The Bertz CT molecular complexity index is 354. The number of carbonyl (C=O) groups excluding carboxylic acids is 1. The number of carboxylic acid groups (broad SMARTS) is 1. The third-order valence-corrected chi connectivity index (χ3v) is 3.59. The third kappa shape index (κ3) is 4.01. The van der Waals surface area contributed by atoms with Gasteiger partial charge in [0, 0.05) is 25.7 Å². The highest BCUT2D eigenvalue weighted by Gasteiger charge is 2.38. The second kappa shape index (κ2) is 5.27. The van der Waals surface area contributed by atoms with Crippen molar-refractivity contribution in [1.29, 1.82) is 0 Å². The van der Waals surface area contributed by atoms with Crippen LogP contribution in [-0.4, -0.2) is 58.4 Å². The van der Waals surface area contributed by atoms with Gasteiger partial charge in [0.05, 0.1) is 0 Å². The van der Waals surface area contributed by atoms with Gasteiger partial charge in [-0.25, -0.2) is 9.59 Å².